The number of amides is 1. The minimum Gasteiger partial charge on any atom is -0.392 e. The number of nitrogens with one attached hydrogen (secondary N) is 1. The Bertz CT molecular complexity index is 1090. The average Bonchev–Trinajstić information content (AvgIpc) is 3.15. The number of aliphatic hydroxyl groups excluding tert-OH is 7. The third-order valence-electron chi connectivity index (χ3n) is 9.95. The number of carbonyl (C=O) groups is 1. The van der Waals surface area contributed by atoms with Crippen molar-refractivity contribution in [2.24, 2.45) is 0 Å². The van der Waals surface area contributed by atoms with E-state index in [2.05, 4.69) is 31.3 Å². The second-order valence-electron chi connectivity index (χ2n) is 15.0. The van der Waals surface area contributed by atoms with Gasteiger partial charge in [-0.25, -0.2) is 4.57 Å². The van der Waals surface area contributed by atoms with E-state index in [0.717, 1.165) is 51.4 Å². The predicted octanol–water partition coefficient (Wildman–Crippen LogP) is 5.80. The molecule has 8 unspecified atom stereocenters. The Morgan fingerprint density at radius 1 is 0.636 bits per heavy atom. The van der Waals surface area contributed by atoms with Crippen molar-refractivity contribution in [2.75, 3.05) is 6.61 Å². The number of unbranched alkanes of at least 4 members (excludes halogenated alkanes) is 17. The van der Waals surface area contributed by atoms with E-state index in [0.29, 0.717) is 6.42 Å². The predicted molar refractivity (Wildman–Crippen MR) is 215 cm³/mol. The number of rotatable bonds is 33. The number of carbonyl (C=O) groups excluding carboxylic acids is 1. The molecule has 1 saturated carbocycles. The normalized spacial score (nSPS) is 24.8. The average molecular weight is 806 g/mol. The summed E-state index contributed by atoms with van der Waals surface area (Å²) in [6.45, 7) is 3.62. The van der Waals surface area contributed by atoms with E-state index in [9.17, 15) is 50.0 Å². The molecule has 1 aliphatic carbocycles. The van der Waals surface area contributed by atoms with E-state index >= 15 is 0 Å². The van der Waals surface area contributed by atoms with E-state index in [1.807, 2.05) is 12.2 Å². The van der Waals surface area contributed by atoms with Crippen LogP contribution in [-0.2, 0) is 18.4 Å². The van der Waals surface area contributed by atoms with Crippen LogP contribution in [-0.4, -0.2) is 108 Å². The lowest BCUT2D eigenvalue weighted by Crippen LogP contribution is -2.64. The number of allylic oxidation sites excluding steroid dienone is 4. The molecule has 55 heavy (non-hydrogen) atoms. The van der Waals surface area contributed by atoms with Crippen molar-refractivity contribution < 1.29 is 59.0 Å². The second kappa shape index (κ2) is 31.5. The zero-order valence-electron chi connectivity index (χ0n) is 33.6. The smallest absolute Gasteiger partial charge is 0.392 e. The Morgan fingerprint density at radius 2 is 1.07 bits per heavy atom. The summed E-state index contributed by atoms with van der Waals surface area (Å²) in [4.78, 5) is 23.2. The number of aliphatic hydroxyl groups is 7. The van der Waals surface area contributed by atoms with E-state index in [1.54, 1.807) is 6.08 Å². The maximum atomic E-state index is 12.8. The molecule has 0 saturated heterocycles. The molecular weight excluding hydrogens is 729 g/mol. The van der Waals surface area contributed by atoms with Crippen LogP contribution in [0.1, 0.15) is 155 Å². The highest BCUT2D eigenvalue weighted by molar-refractivity contribution is 7.47. The van der Waals surface area contributed by atoms with Crippen molar-refractivity contribution >= 4 is 13.7 Å². The lowest BCUT2D eigenvalue weighted by atomic mass is 9.85. The summed E-state index contributed by atoms with van der Waals surface area (Å²) in [5.74, 6) is -0.641. The maximum absolute atomic E-state index is 12.8. The van der Waals surface area contributed by atoms with Crippen LogP contribution in [0, 0.1) is 0 Å². The van der Waals surface area contributed by atoms with Gasteiger partial charge in [-0.2, -0.15) is 0 Å². The molecule has 1 fully saturated rings. The summed E-state index contributed by atoms with van der Waals surface area (Å²) in [6, 6.07) is -1.27. The molecule has 0 bridgehead atoms. The van der Waals surface area contributed by atoms with Crippen LogP contribution in [0.5, 0.6) is 0 Å². The highest BCUT2D eigenvalue weighted by Gasteiger charge is 2.51. The van der Waals surface area contributed by atoms with Crippen LogP contribution in [0.25, 0.3) is 0 Å². The minimum absolute atomic E-state index is 0.246. The Kier molecular flexibility index (Phi) is 29.5. The Hall–Kier alpha value is -1.48. The van der Waals surface area contributed by atoms with Crippen molar-refractivity contribution in [1.82, 2.24) is 5.32 Å². The van der Waals surface area contributed by atoms with Crippen LogP contribution >= 0.6 is 7.82 Å². The monoisotopic (exact) mass is 806 g/mol. The van der Waals surface area contributed by atoms with E-state index in [4.69, 9.17) is 9.05 Å². The van der Waals surface area contributed by atoms with Crippen LogP contribution in [0.15, 0.2) is 36.5 Å². The molecular formula is C41H76NO12P. The first-order chi connectivity index (χ1) is 26.3. The zero-order valence-corrected chi connectivity index (χ0v) is 34.5. The van der Waals surface area contributed by atoms with Crippen LogP contribution in [0.2, 0.25) is 0 Å². The molecule has 0 aliphatic heterocycles. The molecule has 0 aromatic heterocycles. The molecule has 8 atom stereocenters. The molecule has 0 aromatic rings. The summed E-state index contributed by atoms with van der Waals surface area (Å²) < 4.78 is 22.7. The Labute approximate surface area is 330 Å². The minimum atomic E-state index is -5.15. The molecule has 322 valence electrons. The molecule has 1 rings (SSSR count). The van der Waals surface area contributed by atoms with E-state index in [-0.39, 0.29) is 12.8 Å². The van der Waals surface area contributed by atoms with Crippen molar-refractivity contribution in [3.63, 3.8) is 0 Å². The molecule has 1 amide bonds. The number of phosphoric acid groups is 1. The first kappa shape index (κ1) is 51.5. The molecule has 0 heterocycles. The van der Waals surface area contributed by atoms with Crippen LogP contribution < -0.4 is 5.32 Å². The van der Waals surface area contributed by atoms with Gasteiger partial charge in [0.2, 0.25) is 5.91 Å². The fourth-order valence-electron chi connectivity index (χ4n) is 6.43. The summed E-state index contributed by atoms with van der Waals surface area (Å²) in [5.41, 5.74) is 0. The van der Waals surface area contributed by atoms with Gasteiger partial charge in [0.1, 0.15) is 36.6 Å². The van der Waals surface area contributed by atoms with Gasteiger partial charge in [-0.05, 0) is 44.9 Å². The van der Waals surface area contributed by atoms with Crippen molar-refractivity contribution in [1.29, 1.82) is 0 Å². The maximum Gasteiger partial charge on any atom is 0.472 e. The van der Waals surface area contributed by atoms with E-state index in [1.165, 1.54) is 76.7 Å². The summed E-state index contributed by atoms with van der Waals surface area (Å²) in [6.07, 6.45) is 20.1. The molecule has 1 aliphatic rings. The quantitative estimate of drug-likeness (QED) is 0.0218. The number of hydrogen-bond donors (Lipinski definition) is 9. The second-order valence-corrected chi connectivity index (χ2v) is 16.4. The van der Waals surface area contributed by atoms with Gasteiger partial charge in [0.15, 0.2) is 0 Å². The summed E-state index contributed by atoms with van der Waals surface area (Å²) >= 11 is 0. The first-order valence-electron chi connectivity index (χ1n) is 21.0. The molecule has 0 spiro atoms. The summed E-state index contributed by atoms with van der Waals surface area (Å²) in [5, 5.41) is 73.9. The first-order valence-corrected chi connectivity index (χ1v) is 22.5. The standard InChI is InChI=1S/C41H76NO12P/c1-3-5-7-9-11-12-13-14-15-16-17-18-19-20-21-23-25-27-29-34(44)33(42-35(45)30-32(43)28-26-24-22-10-8-6-4-2)31-53-55(51,52)54-41-39(49)37(47)36(46)38(48)40(41)50/h20-21,24,26-27,29,32-34,36-41,43-44,46-50H,3-19,22-23,25,28,30-31H2,1-2H3,(H,42,45)(H,51,52)/b21-20+,26-24-,29-27+. The molecule has 0 aromatic carbocycles. The van der Waals surface area contributed by atoms with Gasteiger partial charge in [0, 0.05) is 0 Å². The van der Waals surface area contributed by atoms with Crippen molar-refractivity contribution in [3.8, 4) is 0 Å². The lowest BCUT2D eigenvalue weighted by molar-refractivity contribution is -0.220. The third-order valence-corrected chi connectivity index (χ3v) is 10.9. The van der Waals surface area contributed by atoms with Crippen molar-refractivity contribution in [3.05, 3.63) is 36.5 Å². The third kappa shape index (κ3) is 24.1. The van der Waals surface area contributed by atoms with Gasteiger partial charge >= 0.3 is 7.82 Å². The molecule has 9 N–H and O–H groups in total. The molecule has 0 radical (unpaired) electrons. The number of hydrogen-bond acceptors (Lipinski definition) is 11. The van der Waals surface area contributed by atoms with E-state index < -0.39 is 75.2 Å². The summed E-state index contributed by atoms with van der Waals surface area (Å²) in [7, 11) is -5.15. The van der Waals surface area contributed by atoms with Gasteiger partial charge in [-0.1, -0.05) is 140 Å². The topological polar surface area (TPSA) is 226 Å². The lowest BCUT2D eigenvalue weighted by Gasteiger charge is -2.41. The fourth-order valence-corrected chi connectivity index (χ4v) is 7.40. The Balaban J connectivity index is 2.62. The van der Waals surface area contributed by atoms with Crippen molar-refractivity contribution in [2.45, 2.75) is 210 Å². The fraction of sp³-hybridized carbons (Fsp3) is 0.829. The highest BCUT2D eigenvalue weighted by Crippen LogP contribution is 2.47. The zero-order chi connectivity index (χ0) is 40.9. The highest BCUT2D eigenvalue weighted by atomic mass is 31.2. The van der Waals surface area contributed by atoms with Gasteiger partial charge in [0.25, 0.3) is 0 Å². The molecule has 13 nitrogen and oxygen atoms in total. The number of phosphoric ester groups is 1. The van der Waals surface area contributed by atoms with Gasteiger partial charge in [-0.3, -0.25) is 13.8 Å². The largest absolute Gasteiger partial charge is 0.472 e. The SMILES string of the molecule is CCCCCC/C=C\CC(O)CC(=O)NC(COP(=O)(O)OC1C(O)C(O)C(O)C(O)C1O)C(O)/C=C/CC/C=C/CCCCCCCCCCCCCC. The Morgan fingerprint density at radius 3 is 1.62 bits per heavy atom. The molecule has 14 heteroatoms. The van der Waals surface area contributed by atoms with Gasteiger partial charge < -0.3 is 46.0 Å². The van der Waals surface area contributed by atoms with Gasteiger partial charge in [0.05, 0.1) is 31.3 Å². The van der Waals surface area contributed by atoms with Gasteiger partial charge in [-0.15, -0.1) is 0 Å². The van der Waals surface area contributed by atoms with Crippen LogP contribution in [0.3, 0.4) is 0 Å². The van der Waals surface area contributed by atoms with Crippen LogP contribution in [0.4, 0.5) is 0 Å².